The maximum absolute atomic E-state index is 12.8. The SMILES string of the molecule is O=C(CCC(=O)N1CCc2ccccc21)N1CCOC(COc2ccc(-n3cncn3)cc2)C1. The lowest BCUT2D eigenvalue weighted by atomic mass is 10.2. The molecule has 1 unspecified atom stereocenters. The first-order valence-electron chi connectivity index (χ1n) is 11.5. The van der Waals surface area contributed by atoms with Crippen molar-refractivity contribution >= 4 is 17.5 Å². The molecule has 9 nitrogen and oxygen atoms in total. The largest absolute Gasteiger partial charge is 0.491 e. The standard InChI is InChI=1S/C25H27N5O4/c31-24(9-10-25(32)29-12-11-19-3-1-2-4-23(19)29)28-13-14-33-22(15-28)16-34-21-7-5-20(6-8-21)30-18-26-17-27-30/h1-8,17-18,22H,9-16H2. The number of ether oxygens (including phenoxy) is 2. The number of para-hydroxylation sites is 1. The molecule has 0 bridgehead atoms. The quantitative estimate of drug-likeness (QED) is 0.536. The molecule has 34 heavy (non-hydrogen) atoms. The van der Waals surface area contributed by atoms with Crippen molar-refractivity contribution in [2.45, 2.75) is 25.4 Å². The van der Waals surface area contributed by atoms with Crippen molar-refractivity contribution in [3.8, 4) is 11.4 Å². The summed E-state index contributed by atoms with van der Waals surface area (Å²) in [6.07, 6.45) is 4.19. The van der Waals surface area contributed by atoms with Crippen molar-refractivity contribution in [1.29, 1.82) is 0 Å². The number of carbonyl (C=O) groups is 2. The second kappa shape index (κ2) is 10.0. The molecule has 3 aromatic rings. The van der Waals surface area contributed by atoms with Crippen molar-refractivity contribution in [2.24, 2.45) is 0 Å². The van der Waals surface area contributed by atoms with Gasteiger partial charge in [0.05, 0.1) is 18.8 Å². The van der Waals surface area contributed by atoms with Crippen LogP contribution in [-0.4, -0.2) is 70.4 Å². The van der Waals surface area contributed by atoms with Crippen LogP contribution in [0.3, 0.4) is 0 Å². The van der Waals surface area contributed by atoms with Crippen LogP contribution in [0.2, 0.25) is 0 Å². The molecule has 0 saturated carbocycles. The van der Waals surface area contributed by atoms with E-state index in [9.17, 15) is 9.59 Å². The fourth-order valence-corrected chi connectivity index (χ4v) is 4.38. The van der Waals surface area contributed by atoms with E-state index in [1.165, 1.54) is 11.9 Å². The van der Waals surface area contributed by atoms with E-state index >= 15 is 0 Å². The summed E-state index contributed by atoms with van der Waals surface area (Å²) >= 11 is 0. The Bertz CT molecular complexity index is 1130. The number of nitrogens with zero attached hydrogens (tertiary/aromatic N) is 5. The molecule has 2 aromatic carbocycles. The van der Waals surface area contributed by atoms with Crippen LogP contribution in [0.4, 0.5) is 5.69 Å². The zero-order valence-corrected chi connectivity index (χ0v) is 18.9. The normalized spacial score (nSPS) is 17.5. The number of hydrogen-bond acceptors (Lipinski definition) is 6. The van der Waals surface area contributed by atoms with E-state index in [0.29, 0.717) is 38.6 Å². The average molecular weight is 462 g/mol. The second-order valence-corrected chi connectivity index (χ2v) is 8.40. The van der Waals surface area contributed by atoms with Crippen LogP contribution in [0.15, 0.2) is 61.2 Å². The molecular weight excluding hydrogens is 434 g/mol. The van der Waals surface area contributed by atoms with Gasteiger partial charge in [0, 0.05) is 31.6 Å². The zero-order chi connectivity index (χ0) is 23.3. The molecule has 9 heteroatoms. The van der Waals surface area contributed by atoms with Gasteiger partial charge in [-0.15, -0.1) is 0 Å². The Morgan fingerprint density at radius 1 is 1.03 bits per heavy atom. The lowest BCUT2D eigenvalue weighted by Crippen LogP contribution is -2.47. The summed E-state index contributed by atoms with van der Waals surface area (Å²) in [7, 11) is 0. The van der Waals surface area contributed by atoms with E-state index in [-0.39, 0.29) is 30.8 Å². The van der Waals surface area contributed by atoms with Gasteiger partial charge in [0.1, 0.15) is 31.1 Å². The van der Waals surface area contributed by atoms with Crippen LogP contribution < -0.4 is 9.64 Å². The van der Waals surface area contributed by atoms with Gasteiger partial charge in [0.15, 0.2) is 0 Å². The number of carbonyl (C=O) groups excluding carboxylic acids is 2. The van der Waals surface area contributed by atoms with Gasteiger partial charge >= 0.3 is 0 Å². The third kappa shape index (κ3) is 4.94. The molecule has 5 rings (SSSR count). The van der Waals surface area contributed by atoms with Crippen molar-refractivity contribution in [3.05, 3.63) is 66.7 Å². The van der Waals surface area contributed by atoms with E-state index in [1.54, 1.807) is 20.8 Å². The Kier molecular flexibility index (Phi) is 6.53. The molecule has 2 amide bonds. The number of fused-ring (bicyclic) bond motifs is 1. The number of aromatic nitrogens is 3. The molecule has 2 aliphatic rings. The Hall–Kier alpha value is -3.72. The monoisotopic (exact) mass is 461 g/mol. The van der Waals surface area contributed by atoms with Gasteiger partial charge in [-0.05, 0) is 42.3 Å². The van der Waals surface area contributed by atoms with Crippen LogP contribution in [-0.2, 0) is 20.7 Å². The molecular formula is C25H27N5O4. The Labute approximate surface area is 197 Å². The second-order valence-electron chi connectivity index (χ2n) is 8.40. The minimum Gasteiger partial charge on any atom is -0.491 e. The summed E-state index contributed by atoms with van der Waals surface area (Å²) in [5.41, 5.74) is 3.05. The maximum Gasteiger partial charge on any atom is 0.227 e. The Balaban J connectivity index is 1.08. The van der Waals surface area contributed by atoms with Crippen molar-refractivity contribution in [3.63, 3.8) is 0 Å². The van der Waals surface area contributed by atoms with E-state index in [4.69, 9.17) is 9.47 Å². The van der Waals surface area contributed by atoms with Gasteiger partial charge in [-0.25, -0.2) is 9.67 Å². The van der Waals surface area contributed by atoms with Gasteiger partial charge in [-0.3, -0.25) is 9.59 Å². The van der Waals surface area contributed by atoms with Gasteiger partial charge < -0.3 is 19.3 Å². The Morgan fingerprint density at radius 3 is 2.68 bits per heavy atom. The van der Waals surface area contributed by atoms with Crippen molar-refractivity contribution < 1.29 is 19.1 Å². The first-order valence-corrected chi connectivity index (χ1v) is 11.5. The molecule has 0 radical (unpaired) electrons. The predicted octanol–water partition coefficient (Wildman–Crippen LogP) is 2.24. The minimum atomic E-state index is -0.214. The molecule has 0 aliphatic carbocycles. The van der Waals surface area contributed by atoms with Crippen molar-refractivity contribution in [1.82, 2.24) is 19.7 Å². The molecule has 0 N–H and O–H groups in total. The van der Waals surface area contributed by atoms with E-state index < -0.39 is 0 Å². The third-order valence-electron chi connectivity index (χ3n) is 6.19. The highest BCUT2D eigenvalue weighted by Crippen LogP contribution is 2.28. The number of anilines is 1. The molecule has 1 aromatic heterocycles. The lowest BCUT2D eigenvalue weighted by molar-refractivity contribution is -0.141. The molecule has 3 heterocycles. The molecule has 1 fully saturated rings. The molecule has 1 atom stereocenters. The highest BCUT2D eigenvalue weighted by atomic mass is 16.5. The van der Waals surface area contributed by atoms with Crippen LogP contribution >= 0.6 is 0 Å². The van der Waals surface area contributed by atoms with E-state index in [2.05, 4.69) is 16.1 Å². The highest BCUT2D eigenvalue weighted by Gasteiger charge is 2.27. The lowest BCUT2D eigenvalue weighted by Gasteiger charge is -2.33. The predicted molar refractivity (Wildman–Crippen MR) is 125 cm³/mol. The third-order valence-corrected chi connectivity index (χ3v) is 6.19. The highest BCUT2D eigenvalue weighted by molar-refractivity contribution is 5.97. The number of benzene rings is 2. The zero-order valence-electron chi connectivity index (χ0n) is 18.9. The van der Waals surface area contributed by atoms with Crippen LogP contribution in [0, 0.1) is 0 Å². The minimum absolute atomic E-state index is 0.000725. The topological polar surface area (TPSA) is 89.8 Å². The summed E-state index contributed by atoms with van der Waals surface area (Å²) in [4.78, 5) is 33.0. The van der Waals surface area contributed by atoms with E-state index in [1.807, 2.05) is 42.5 Å². The summed E-state index contributed by atoms with van der Waals surface area (Å²) in [6, 6.07) is 15.5. The van der Waals surface area contributed by atoms with Gasteiger partial charge in [-0.1, -0.05) is 18.2 Å². The van der Waals surface area contributed by atoms with E-state index in [0.717, 1.165) is 17.8 Å². The number of amides is 2. The molecule has 2 aliphatic heterocycles. The fraction of sp³-hybridized carbons (Fsp3) is 0.360. The Morgan fingerprint density at radius 2 is 1.85 bits per heavy atom. The molecule has 0 spiro atoms. The number of morpholine rings is 1. The molecule has 1 saturated heterocycles. The summed E-state index contributed by atoms with van der Waals surface area (Å²) < 4.78 is 13.3. The van der Waals surface area contributed by atoms with Gasteiger partial charge in [0.25, 0.3) is 0 Å². The van der Waals surface area contributed by atoms with Crippen LogP contribution in [0.1, 0.15) is 18.4 Å². The van der Waals surface area contributed by atoms with Gasteiger partial charge in [0.2, 0.25) is 11.8 Å². The summed E-state index contributed by atoms with van der Waals surface area (Å²) in [6.45, 7) is 2.47. The first-order chi connectivity index (χ1) is 16.7. The number of hydrogen-bond donors (Lipinski definition) is 0. The first kappa shape index (κ1) is 22.1. The van der Waals surface area contributed by atoms with Crippen molar-refractivity contribution in [2.75, 3.05) is 37.7 Å². The average Bonchev–Trinajstić information content (AvgIpc) is 3.57. The van der Waals surface area contributed by atoms with Gasteiger partial charge in [-0.2, -0.15) is 5.10 Å². The number of rotatable bonds is 7. The van der Waals surface area contributed by atoms with Crippen LogP contribution in [0.25, 0.3) is 5.69 Å². The smallest absolute Gasteiger partial charge is 0.227 e. The summed E-state index contributed by atoms with van der Waals surface area (Å²) in [5.74, 6) is 0.694. The fourth-order valence-electron chi connectivity index (χ4n) is 4.38. The summed E-state index contributed by atoms with van der Waals surface area (Å²) in [5, 5.41) is 4.10. The molecule has 176 valence electrons. The maximum atomic E-state index is 12.8. The van der Waals surface area contributed by atoms with Crippen LogP contribution in [0.5, 0.6) is 5.75 Å².